The van der Waals surface area contributed by atoms with E-state index in [-0.39, 0.29) is 5.41 Å². The molecule has 1 aromatic rings. The predicted octanol–water partition coefficient (Wildman–Crippen LogP) is 3.93. The van der Waals surface area contributed by atoms with Gasteiger partial charge in [0.2, 0.25) is 0 Å². The first-order valence-corrected chi connectivity index (χ1v) is 6.27. The van der Waals surface area contributed by atoms with Crippen LogP contribution in [0.5, 0.6) is 0 Å². The van der Waals surface area contributed by atoms with Gasteiger partial charge >= 0.3 is 0 Å². The summed E-state index contributed by atoms with van der Waals surface area (Å²) in [5, 5.41) is 0. The van der Waals surface area contributed by atoms with E-state index in [1.165, 1.54) is 11.1 Å². The maximum absolute atomic E-state index is 12.6. The van der Waals surface area contributed by atoms with E-state index in [1.807, 2.05) is 0 Å². The lowest BCUT2D eigenvalue weighted by atomic mass is 9.67. The van der Waals surface area contributed by atoms with Gasteiger partial charge in [0.25, 0.3) is 0 Å². The fourth-order valence-electron chi connectivity index (χ4n) is 2.82. The van der Waals surface area contributed by atoms with E-state index in [9.17, 15) is 4.79 Å². The normalized spacial score (nSPS) is 18.3. The molecule has 1 heteroatoms. The van der Waals surface area contributed by atoms with Crippen LogP contribution in [0.25, 0.3) is 0 Å². The molecule has 86 valence electrons. The monoisotopic (exact) mass is 216 g/mol. The minimum absolute atomic E-state index is 0.0825. The molecule has 0 fully saturated rings. The van der Waals surface area contributed by atoms with Crippen molar-refractivity contribution in [2.24, 2.45) is 5.41 Å². The van der Waals surface area contributed by atoms with Gasteiger partial charge in [-0.1, -0.05) is 31.5 Å². The highest BCUT2D eigenvalue weighted by atomic mass is 16.1. The maximum Gasteiger partial charge on any atom is 0.169 e. The first-order chi connectivity index (χ1) is 7.63. The SMILES string of the molecule is CCC1(CC)CCc2ccc(C)cc2C1=O. The third kappa shape index (κ3) is 1.59. The number of fused-ring (bicyclic) bond motifs is 1. The summed E-state index contributed by atoms with van der Waals surface area (Å²) in [6.45, 7) is 6.34. The second-order valence-electron chi connectivity index (χ2n) is 4.98. The summed E-state index contributed by atoms with van der Waals surface area (Å²) in [5.74, 6) is 0.377. The smallest absolute Gasteiger partial charge is 0.169 e. The molecule has 0 saturated heterocycles. The number of carbonyl (C=O) groups excluding carboxylic acids is 1. The van der Waals surface area contributed by atoms with Gasteiger partial charge in [-0.2, -0.15) is 0 Å². The first kappa shape index (κ1) is 11.4. The summed E-state index contributed by atoms with van der Waals surface area (Å²) >= 11 is 0. The molecular weight excluding hydrogens is 196 g/mol. The van der Waals surface area contributed by atoms with E-state index in [2.05, 4.69) is 39.0 Å². The zero-order chi connectivity index (χ0) is 11.8. The van der Waals surface area contributed by atoms with Crippen molar-refractivity contribution in [2.45, 2.75) is 46.5 Å². The average molecular weight is 216 g/mol. The van der Waals surface area contributed by atoms with Crippen LogP contribution in [0.15, 0.2) is 18.2 Å². The Hall–Kier alpha value is -1.11. The van der Waals surface area contributed by atoms with Crippen molar-refractivity contribution in [1.29, 1.82) is 0 Å². The zero-order valence-electron chi connectivity index (χ0n) is 10.5. The number of Topliss-reactive ketones (excluding diaryl/α,β-unsaturated/α-hetero) is 1. The molecule has 0 atom stereocenters. The second kappa shape index (κ2) is 4.04. The minimum Gasteiger partial charge on any atom is -0.294 e. The number of aryl methyl sites for hydroxylation is 2. The number of carbonyl (C=O) groups is 1. The number of rotatable bonds is 2. The summed E-state index contributed by atoms with van der Waals surface area (Å²) < 4.78 is 0. The Bertz CT molecular complexity index is 413. The Morgan fingerprint density at radius 1 is 1.25 bits per heavy atom. The lowest BCUT2D eigenvalue weighted by molar-refractivity contribution is 0.0738. The van der Waals surface area contributed by atoms with Crippen LogP contribution < -0.4 is 0 Å². The first-order valence-electron chi connectivity index (χ1n) is 6.27. The molecule has 16 heavy (non-hydrogen) atoms. The minimum atomic E-state index is -0.0825. The summed E-state index contributed by atoms with van der Waals surface area (Å²) in [6, 6.07) is 6.30. The Morgan fingerprint density at radius 3 is 2.56 bits per heavy atom. The molecule has 1 aliphatic rings. The fourth-order valence-corrected chi connectivity index (χ4v) is 2.82. The number of hydrogen-bond donors (Lipinski definition) is 0. The molecule has 0 amide bonds. The molecule has 0 spiro atoms. The Morgan fingerprint density at radius 2 is 1.94 bits per heavy atom. The quantitative estimate of drug-likeness (QED) is 0.732. The van der Waals surface area contributed by atoms with E-state index in [4.69, 9.17) is 0 Å². The van der Waals surface area contributed by atoms with Crippen molar-refractivity contribution in [3.63, 3.8) is 0 Å². The molecule has 1 nitrogen and oxygen atoms in total. The molecule has 0 heterocycles. The molecule has 0 N–H and O–H groups in total. The van der Waals surface area contributed by atoms with Gasteiger partial charge in [0, 0.05) is 11.0 Å². The largest absolute Gasteiger partial charge is 0.294 e. The van der Waals surface area contributed by atoms with Gasteiger partial charge in [-0.05, 0) is 44.2 Å². The molecule has 0 unspecified atom stereocenters. The lowest BCUT2D eigenvalue weighted by Gasteiger charge is -2.35. The van der Waals surface area contributed by atoms with Gasteiger partial charge in [-0.25, -0.2) is 0 Å². The zero-order valence-corrected chi connectivity index (χ0v) is 10.5. The third-order valence-electron chi connectivity index (χ3n) is 4.22. The predicted molar refractivity (Wildman–Crippen MR) is 66.8 cm³/mol. The average Bonchev–Trinajstić information content (AvgIpc) is 2.31. The Kier molecular flexibility index (Phi) is 2.88. The van der Waals surface area contributed by atoms with E-state index in [0.29, 0.717) is 5.78 Å². The topological polar surface area (TPSA) is 17.1 Å². The van der Waals surface area contributed by atoms with Gasteiger partial charge in [-0.15, -0.1) is 0 Å². The Labute approximate surface area is 97.9 Å². The third-order valence-corrected chi connectivity index (χ3v) is 4.22. The van der Waals surface area contributed by atoms with Gasteiger partial charge < -0.3 is 0 Å². The van der Waals surface area contributed by atoms with Crippen LogP contribution >= 0.6 is 0 Å². The van der Waals surface area contributed by atoms with Crippen molar-refractivity contribution >= 4 is 5.78 Å². The number of hydrogen-bond acceptors (Lipinski definition) is 1. The van der Waals surface area contributed by atoms with Gasteiger partial charge in [-0.3, -0.25) is 4.79 Å². The second-order valence-corrected chi connectivity index (χ2v) is 4.98. The molecule has 0 radical (unpaired) electrons. The van der Waals surface area contributed by atoms with Crippen molar-refractivity contribution < 1.29 is 4.79 Å². The highest BCUT2D eigenvalue weighted by Gasteiger charge is 2.39. The van der Waals surface area contributed by atoms with Crippen LogP contribution in [-0.4, -0.2) is 5.78 Å². The van der Waals surface area contributed by atoms with Crippen LogP contribution in [0.1, 0.15) is 54.6 Å². The molecule has 0 saturated carbocycles. The van der Waals surface area contributed by atoms with Crippen LogP contribution in [0.2, 0.25) is 0 Å². The van der Waals surface area contributed by atoms with Crippen LogP contribution in [0.3, 0.4) is 0 Å². The summed E-state index contributed by atoms with van der Waals surface area (Å²) in [4.78, 5) is 12.6. The van der Waals surface area contributed by atoms with Crippen LogP contribution in [0, 0.1) is 12.3 Å². The molecule has 0 bridgehead atoms. The van der Waals surface area contributed by atoms with E-state index in [1.54, 1.807) is 0 Å². The highest BCUT2D eigenvalue weighted by molar-refractivity contribution is 6.02. The maximum atomic E-state index is 12.6. The molecule has 1 aliphatic carbocycles. The fraction of sp³-hybridized carbons (Fsp3) is 0.533. The van der Waals surface area contributed by atoms with Gasteiger partial charge in [0.15, 0.2) is 5.78 Å². The summed E-state index contributed by atoms with van der Waals surface area (Å²) in [7, 11) is 0. The van der Waals surface area contributed by atoms with E-state index >= 15 is 0 Å². The van der Waals surface area contributed by atoms with Crippen molar-refractivity contribution in [3.05, 3.63) is 34.9 Å². The number of benzene rings is 1. The van der Waals surface area contributed by atoms with Crippen molar-refractivity contribution in [1.82, 2.24) is 0 Å². The molecule has 0 aliphatic heterocycles. The molecular formula is C15H20O. The molecule has 2 rings (SSSR count). The Balaban J connectivity index is 2.49. The molecule has 1 aromatic carbocycles. The van der Waals surface area contributed by atoms with E-state index in [0.717, 1.165) is 31.2 Å². The van der Waals surface area contributed by atoms with E-state index < -0.39 is 0 Å². The standard InChI is InChI=1S/C15H20O/c1-4-15(5-2)9-8-12-7-6-11(3)10-13(12)14(15)16/h6-7,10H,4-5,8-9H2,1-3H3. The molecule has 0 aromatic heterocycles. The van der Waals surface area contributed by atoms with Gasteiger partial charge in [0.05, 0.1) is 0 Å². The van der Waals surface area contributed by atoms with Gasteiger partial charge in [0.1, 0.15) is 0 Å². The highest BCUT2D eigenvalue weighted by Crippen LogP contribution is 2.40. The summed E-state index contributed by atoms with van der Waals surface area (Å²) in [6.07, 6.45) is 4.02. The number of ketones is 1. The lowest BCUT2D eigenvalue weighted by Crippen LogP contribution is -2.35. The summed E-state index contributed by atoms with van der Waals surface area (Å²) in [5.41, 5.74) is 3.33. The van der Waals surface area contributed by atoms with Crippen molar-refractivity contribution in [2.75, 3.05) is 0 Å². The van der Waals surface area contributed by atoms with Crippen molar-refractivity contribution in [3.8, 4) is 0 Å². The van der Waals surface area contributed by atoms with Crippen LogP contribution in [0.4, 0.5) is 0 Å². The van der Waals surface area contributed by atoms with Crippen LogP contribution in [-0.2, 0) is 6.42 Å².